The Hall–Kier alpha value is -3.62. The van der Waals surface area contributed by atoms with Crippen LogP contribution >= 0.6 is 0 Å². The van der Waals surface area contributed by atoms with E-state index in [1.165, 1.54) is 66.7 Å². The van der Waals surface area contributed by atoms with E-state index < -0.39 is 44.4 Å². The van der Waals surface area contributed by atoms with Crippen molar-refractivity contribution in [2.24, 2.45) is 0 Å². The van der Waals surface area contributed by atoms with Gasteiger partial charge >= 0.3 is 59.1 Å². The third-order valence-electron chi connectivity index (χ3n) is 6.14. The van der Waals surface area contributed by atoms with Crippen LogP contribution in [0.25, 0.3) is 0 Å². The van der Waals surface area contributed by atoms with Gasteiger partial charge in [0.15, 0.2) is 0 Å². The minimum atomic E-state index is -4.97. The summed E-state index contributed by atoms with van der Waals surface area (Å²) in [5, 5.41) is 5.09. The number of nitrogens with one attached hydrogen (secondary N) is 2. The van der Waals surface area contributed by atoms with E-state index in [1.807, 2.05) is 0 Å². The first-order valence-electron chi connectivity index (χ1n) is 12.4. The molecule has 1 heterocycles. The van der Waals surface area contributed by atoms with E-state index in [2.05, 4.69) is 19.0 Å². The topological polar surface area (TPSA) is 228 Å². The van der Waals surface area contributed by atoms with Crippen LogP contribution < -0.4 is 83.0 Å². The van der Waals surface area contributed by atoms with Crippen molar-refractivity contribution in [1.29, 1.82) is 0 Å². The molecule has 4 aromatic carbocycles. The van der Waals surface area contributed by atoms with Crippen LogP contribution in [0.4, 0.5) is 17.1 Å². The molecule has 0 radical (unpaired) electrons. The van der Waals surface area contributed by atoms with Gasteiger partial charge in [-0.3, -0.25) is 19.2 Å². The van der Waals surface area contributed by atoms with Gasteiger partial charge in [0.25, 0.3) is 44.4 Å². The molecule has 0 spiro atoms. The SMILES string of the molecule is O=C(Nc1ccc(OS(=O)(=O)[O-])cc1)c1cccc(N2C(=O)c3ccc(C(=O)Nc4ccc(OS(=O)(=O)[O-])cc4)cc3C2=O)c1.[Na+].[Na+]. The molecule has 0 aliphatic carbocycles. The predicted octanol–water partition coefficient (Wildman–Crippen LogP) is -3.32. The maximum absolute atomic E-state index is 13.3. The maximum Gasteiger partial charge on any atom is 1.00 e. The van der Waals surface area contributed by atoms with Crippen LogP contribution in [-0.4, -0.2) is 49.6 Å². The molecule has 0 fully saturated rings. The third kappa shape index (κ3) is 9.48. The monoisotopic (exact) mass is 697 g/mol. The van der Waals surface area contributed by atoms with E-state index in [0.717, 1.165) is 29.2 Å². The molecule has 230 valence electrons. The third-order valence-corrected chi connectivity index (χ3v) is 6.93. The number of amides is 4. The molecule has 2 N–H and O–H groups in total. The van der Waals surface area contributed by atoms with Gasteiger partial charge in [0.2, 0.25) is 0 Å². The number of fused-ring (bicyclic) bond motifs is 1. The number of rotatable bonds is 9. The first kappa shape index (κ1) is 37.8. The average Bonchev–Trinajstić information content (AvgIpc) is 3.22. The number of anilines is 3. The van der Waals surface area contributed by atoms with Crippen LogP contribution in [0, 0.1) is 0 Å². The molecule has 0 atom stereocenters. The van der Waals surface area contributed by atoms with Gasteiger partial charge in [-0.2, -0.15) is 0 Å². The van der Waals surface area contributed by atoms with E-state index in [-0.39, 0.29) is 110 Å². The van der Waals surface area contributed by atoms with Crippen LogP contribution in [0.2, 0.25) is 0 Å². The Bertz CT molecular complexity index is 2090. The Kier molecular flexibility index (Phi) is 12.1. The van der Waals surface area contributed by atoms with Crippen molar-refractivity contribution in [3.8, 4) is 11.5 Å². The van der Waals surface area contributed by atoms with Crippen LogP contribution in [0.5, 0.6) is 11.5 Å². The second kappa shape index (κ2) is 15.1. The summed E-state index contributed by atoms with van der Waals surface area (Å²) < 4.78 is 72.7. The van der Waals surface area contributed by atoms with Gasteiger partial charge < -0.3 is 28.1 Å². The molecule has 0 aromatic heterocycles. The van der Waals surface area contributed by atoms with Gasteiger partial charge in [-0.05, 0) is 84.9 Å². The fourth-order valence-corrected chi connectivity index (χ4v) is 4.93. The first-order valence-corrected chi connectivity index (χ1v) is 15.1. The van der Waals surface area contributed by atoms with Crippen molar-refractivity contribution in [2.45, 2.75) is 0 Å². The summed E-state index contributed by atoms with van der Waals surface area (Å²) in [6.07, 6.45) is 0. The summed E-state index contributed by atoms with van der Waals surface area (Å²) >= 11 is 0. The first-order chi connectivity index (χ1) is 21.2. The number of imide groups is 1. The van der Waals surface area contributed by atoms with E-state index in [9.17, 15) is 45.1 Å². The minimum absolute atomic E-state index is 0. The summed E-state index contributed by atoms with van der Waals surface area (Å²) in [5.74, 6) is -3.23. The second-order valence-electron chi connectivity index (χ2n) is 9.20. The minimum Gasteiger partial charge on any atom is -0.716 e. The van der Waals surface area contributed by atoms with Crippen molar-refractivity contribution >= 4 is 61.5 Å². The fraction of sp³-hybridized carbons (Fsp3) is 0. The van der Waals surface area contributed by atoms with E-state index >= 15 is 0 Å². The molecule has 0 bridgehead atoms. The van der Waals surface area contributed by atoms with Crippen LogP contribution in [0.3, 0.4) is 0 Å². The van der Waals surface area contributed by atoms with Crippen molar-refractivity contribution in [3.63, 3.8) is 0 Å². The van der Waals surface area contributed by atoms with Crippen LogP contribution in [-0.2, 0) is 20.8 Å². The van der Waals surface area contributed by atoms with Gasteiger partial charge in [-0.1, -0.05) is 6.07 Å². The summed E-state index contributed by atoms with van der Waals surface area (Å²) in [6, 6.07) is 19.3. The van der Waals surface area contributed by atoms with Gasteiger partial charge in [0, 0.05) is 22.5 Å². The Morgan fingerprint density at radius 1 is 0.596 bits per heavy atom. The molecule has 4 amide bonds. The average molecular weight is 698 g/mol. The molecular formula is C28H17N3Na2O12S2. The van der Waals surface area contributed by atoms with Gasteiger partial charge in [-0.25, -0.2) is 21.7 Å². The summed E-state index contributed by atoms with van der Waals surface area (Å²) in [5.41, 5.74) is 0.574. The Morgan fingerprint density at radius 2 is 1.04 bits per heavy atom. The smallest absolute Gasteiger partial charge is 0.716 e. The summed E-state index contributed by atoms with van der Waals surface area (Å²) in [7, 11) is -9.94. The zero-order valence-corrected chi connectivity index (χ0v) is 30.0. The van der Waals surface area contributed by atoms with Crippen molar-refractivity contribution < 1.29 is 113 Å². The Labute approximate surface area is 311 Å². The number of benzene rings is 4. The molecule has 1 aliphatic heterocycles. The van der Waals surface area contributed by atoms with Crippen molar-refractivity contribution in [2.75, 3.05) is 15.5 Å². The number of carbonyl (C=O) groups is 4. The van der Waals surface area contributed by atoms with E-state index in [0.29, 0.717) is 0 Å². The molecule has 5 rings (SSSR count). The largest absolute Gasteiger partial charge is 1.00 e. The van der Waals surface area contributed by atoms with Gasteiger partial charge in [0.1, 0.15) is 11.5 Å². The fourth-order valence-electron chi connectivity index (χ4n) is 4.23. The zero-order chi connectivity index (χ0) is 32.5. The molecule has 4 aromatic rings. The normalized spacial score (nSPS) is 12.3. The molecule has 47 heavy (non-hydrogen) atoms. The molecule has 0 saturated carbocycles. The number of hydrogen-bond donors (Lipinski definition) is 2. The zero-order valence-electron chi connectivity index (χ0n) is 24.3. The molecule has 1 aliphatic rings. The summed E-state index contributed by atoms with van der Waals surface area (Å²) in [4.78, 5) is 53.0. The quantitative estimate of drug-likeness (QED) is 0.0758. The van der Waals surface area contributed by atoms with Gasteiger partial charge in [-0.15, -0.1) is 0 Å². The number of hydrogen-bond acceptors (Lipinski definition) is 12. The molecule has 0 unspecified atom stereocenters. The van der Waals surface area contributed by atoms with Crippen LogP contribution in [0.1, 0.15) is 41.4 Å². The van der Waals surface area contributed by atoms with Gasteiger partial charge in [0.05, 0.1) is 16.8 Å². The van der Waals surface area contributed by atoms with Crippen molar-refractivity contribution in [1.82, 2.24) is 0 Å². The van der Waals surface area contributed by atoms with Crippen molar-refractivity contribution in [3.05, 3.63) is 113 Å². The standard InChI is InChI=1S/C28H19N3O12S2.2Na/c32-25(29-18-5-9-21(10-6-18)42-44(36,37)38)16-2-1-3-20(14-16)31-27(34)23-13-4-17(15-24(23)28(31)35)26(33)30-19-7-11-22(12-8-19)43-45(39,40)41;;/h1-15H,(H,29,32)(H,30,33)(H,36,37,38)(H,39,40,41);;/q;2*+1/p-2. The Balaban J connectivity index is 0.00000300. The Morgan fingerprint density at radius 3 is 1.51 bits per heavy atom. The molecular weight excluding hydrogens is 680 g/mol. The summed E-state index contributed by atoms with van der Waals surface area (Å²) in [6.45, 7) is 0. The second-order valence-corrected chi connectivity index (χ2v) is 11.2. The maximum atomic E-state index is 13.3. The predicted molar refractivity (Wildman–Crippen MR) is 153 cm³/mol. The molecule has 0 saturated heterocycles. The number of carbonyl (C=O) groups excluding carboxylic acids is 4. The molecule has 15 nitrogen and oxygen atoms in total. The molecule has 19 heteroatoms. The van der Waals surface area contributed by atoms with Crippen LogP contribution in [0.15, 0.2) is 91.0 Å². The number of nitrogens with zero attached hydrogens (tertiary/aromatic N) is 1. The van der Waals surface area contributed by atoms with E-state index in [4.69, 9.17) is 0 Å². The van der Waals surface area contributed by atoms with E-state index in [1.54, 1.807) is 0 Å².